The molecular weight excluding hydrogens is 224 g/mol. The standard InChI is InChI=1S/C15H28N2O/c1-11(2)12-6-5-7-13(10-12)17-14-8-3-4-9-16-15(14)18/h11-14,17H,3-10H2,1-2H3,(H,16,18). The van der Waals surface area contributed by atoms with E-state index in [0.717, 1.165) is 37.6 Å². The molecule has 18 heavy (non-hydrogen) atoms. The third kappa shape index (κ3) is 3.71. The fourth-order valence-corrected chi connectivity index (χ4v) is 3.37. The zero-order valence-corrected chi connectivity index (χ0v) is 11.9. The third-order valence-electron chi connectivity index (χ3n) is 4.63. The zero-order valence-electron chi connectivity index (χ0n) is 11.9. The summed E-state index contributed by atoms with van der Waals surface area (Å²) in [6.45, 7) is 5.51. The van der Waals surface area contributed by atoms with Crippen LogP contribution in [-0.4, -0.2) is 24.5 Å². The van der Waals surface area contributed by atoms with Crippen molar-refractivity contribution in [3.8, 4) is 0 Å². The molecule has 1 saturated carbocycles. The highest BCUT2D eigenvalue weighted by Gasteiger charge is 2.28. The van der Waals surface area contributed by atoms with Crippen LogP contribution < -0.4 is 10.6 Å². The molecule has 2 rings (SSSR count). The van der Waals surface area contributed by atoms with Gasteiger partial charge in [-0.25, -0.2) is 0 Å². The molecule has 3 heteroatoms. The van der Waals surface area contributed by atoms with E-state index in [9.17, 15) is 4.79 Å². The lowest BCUT2D eigenvalue weighted by Gasteiger charge is -2.34. The second kappa shape index (κ2) is 6.55. The van der Waals surface area contributed by atoms with Gasteiger partial charge < -0.3 is 10.6 Å². The van der Waals surface area contributed by atoms with E-state index in [2.05, 4.69) is 24.5 Å². The lowest BCUT2D eigenvalue weighted by Crippen LogP contribution is -2.48. The molecule has 104 valence electrons. The first kappa shape index (κ1) is 13.9. The van der Waals surface area contributed by atoms with Crippen molar-refractivity contribution in [2.24, 2.45) is 11.8 Å². The number of hydrogen-bond acceptors (Lipinski definition) is 2. The van der Waals surface area contributed by atoms with Gasteiger partial charge in [-0.2, -0.15) is 0 Å². The van der Waals surface area contributed by atoms with Crippen molar-refractivity contribution in [2.45, 2.75) is 70.9 Å². The Kier molecular flexibility index (Phi) is 5.04. The van der Waals surface area contributed by atoms with E-state index in [1.165, 1.54) is 25.7 Å². The normalized spacial score (nSPS) is 34.2. The average Bonchev–Trinajstić information content (AvgIpc) is 2.55. The average molecular weight is 252 g/mol. The molecule has 0 aromatic rings. The molecule has 1 saturated heterocycles. The van der Waals surface area contributed by atoms with Crippen LogP contribution in [-0.2, 0) is 4.79 Å². The predicted octanol–water partition coefficient (Wildman–Crippen LogP) is 2.46. The minimum Gasteiger partial charge on any atom is -0.355 e. The second-order valence-electron chi connectivity index (χ2n) is 6.37. The van der Waals surface area contributed by atoms with Crippen molar-refractivity contribution >= 4 is 5.91 Å². The molecule has 3 atom stereocenters. The Morgan fingerprint density at radius 3 is 2.78 bits per heavy atom. The van der Waals surface area contributed by atoms with Crippen molar-refractivity contribution in [3.05, 3.63) is 0 Å². The summed E-state index contributed by atoms with van der Waals surface area (Å²) in [4.78, 5) is 11.9. The Balaban J connectivity index is 1.85. The molecule has 2 fully saturated rings. The van der Waals surface area contributed by atoms with Gasteiger partial charge in [0.15, 0.2) is 0 Å². The van der Waals surface area contributed by atoms with Gasteiger partial charge in [0, 0.05) is 12.6 Å². The molecule has 1 amide bonds. The summed E-state index contributed by atoms with van der Waals surface area (Å²) in [6.07, 6.45) is 8.48. The monoisotopic (exact) mass is 252 g/mol. The maximum Gasteiger partial charge on any atom is 0.237 e. The van der Waals surface area contributed by atoms with Gasteiger partial charge in [0.1, 0.15) is 0 Å². The summed E-state index contributed by atoms with van der Waals surface area (Å²) < 4.78 is 0. The molecular formula is C15H28N2O. The number of carbonyl (C=O) groups excluding carboxylic acids is 1. The van der Waals surface area contributed by atoms with Crippen LogP contribution in [0.25, 0.3) is 0 Å². The molecule has 0 aromatic carbocycles. The Morgan fingerprint density at radius 2 is 2.00 bits per heavy atom. The molecule has 2 aliphatic rings. The Labute approximate surface area is 111 Å². The van der Waals surface area contributed by atoms with Gasteiger partial charge in [-0.15, -0.1) is 0 Å². The first-order chi connectivity index (χ1) is 8.66. The first-order valence-electron chi connectivity index (χ1n) is 7.70. The van der Waals surface area contributed by atoms with Gasteiger partial charge in [-0.3, -0.25) is 4.79 Å². The van der Waals surface area contributed by atoms with Gasteiger partial charge >= 0.3 is 0 Å². The number of carbonyl (C=O) groups is 1. The highest BCUT2D eigenvalue weighted by molar-refractivity contribution is 5.81. The number of hydrogen-bond donors (Lipinski definition) is 2. The smallest absolute Gasteiger partial charge is 0.237 e. The molecule has 3 nitrogen and oxygen atoms in total. The fraction of sp³-hybridized carbons (Fsp3) is 0.933. The minimum absolute atomic E-state index is 0.0587. The van der Waals surface area contributed by atoms with E-state index in [0.29, 0.717) is 6.04 Å². The SMILES string of the molecule is CC(C)C1CCCC(NC2CCCCNC2=O)C1. The van der Waals surface area contributed by atoms with Gasteiger partial charge in [0.05, 0.1) is 6.04 Å². The zero-order chi connectivity index (χ0) is 13.0. The summed E-state index contributed by atoms with van der Waals surface area (Å²) in [5, 5.41) is 6.64. The summed E-state index contributed by atoms with van der Waals surface area (Å²) in [6, 6.07) is 0.614. The van der Waals surface area contributed by atoms with Crippen LogP contribution in [0.1, 0.15) is 58.8 Å². The van der Waals surface area contributed by atoms with E-state index >= 15 is 0 Å². The lowest BCUT2D eigenvalue weighted by molar-refractivity contribution is -0.123. The molecule has 1 aliphatic heterocycles. The van der Waals surface area contributed by atoms with Crippen molar-refractivity contribution < 1.29 is 4.79 Å². The Hall–Kier alpha value is -0.570. The molecule has 3 unspecified atom stereocenters. The van der Waals surface area contributed by atoms with Crippen molar-refractivity contribution in [2.75, 3.05) is 6.54 Å². The molecule has 0 aromatic heterocycles. The van der Waals surface area contributed by atoms with E-state index in [1.807, 2.05) is 0 Å². The number of amides is 1. The third-order valence-corrected chi connectivity index (χ3v) is 4.63. The lowest BCUT2D eigenvalue weighted by atomic mass is 9.79. The van der Waals surface area contributed by atoms with Crippen LogP contribution >= 0.6 is 0 Å². The molecule has 0 radical (unpaired) electrons. The van der Waals surface area contributed by atoms with Crippen molar-refractivity contribution in [1.29, 1.82) is 0 Å². The highest BCUT2D eigenvalue weighted by Crippen LogP contribution is 2.30. The quantitative estimate of drug-likeness (QED) is 0.810. The van der Waals surface area contributed by atoms with E-state index < -0.39 is 0 Å². The van der Waals surface area contributed by atoms with E-state index in [1.54, 1.807) is 0 Å². The predicted molar refractivity (Wildman–Crippen MR) is 74.4 cm³/mol. The maximum absolute atomic E-state index is 11.9. The topological polar surface area (TPSA) is 41.1 Å². The summed E-state index contributed by atoms with van der Waals surface area (Å²) >= 11 is 0. The van der Waals surface area contributed by atoms with Gasteiger partial charge in [-0.1, -0.05) is 26.7 Å². The number of nitrogens with one attached hydrogen (secondary N) is 2. The van der Waals surface area contributed by atoms with E-state index in [-0.39, 0.29) is 11.9 Å². The first-order valence-corrected chi connectivity index (χ1v) is 7.70. The largest absolute Gasteiger partial charge is 0.355 e. The molecule has 1 aliphatic carbocycles. The summed E-state index contributed by atoms with van der Waals surface area (Å²) in [5.41, 5.74) is 0. The highest BCUT2D eigenvalue weighted by atomic mass is 16.2. The van der Waals surface area contributed by atoms with E-state index in [4.69, 9.17) is 0 Å². The Morgan fingerprint density at radius 1 is 1.17 bits per heavy atom. The van der Waals surface area contributed by atoms with Crippen LogP contribution in [0.3, 0.4) is 0 Å². The summed E-state index contributed by atoms with van der Waals surface area (Å²) in [5.74, 6) is 1.84. The van der Waals surface area contributed by atoms with Gasteiger partial charge in [0.2, 0.25) is 5.91 Å². The molecule has 0 spiro atoms. The molecule has 2 N–H and O–H groups in total. The number of rotatable bonds is 3. The fourth-order valence-electron chi connectivity index (χ4n) is 3.37. The maximum atomic E-state index is 11.9. The van der Waals surface area contributed by atoms with Gasteiger partial charge in [-0.05, 0) is 43.9 Å². The van der Waals surface area contributed by atoms with Gasteiger partial charge in [0.25, 0.3) is 0 Å². The second-order valence-corrected chi connectivity index (χ2v) is 6.37. The Bertz CT molecular complexity index is 278. The van der Waals surface area contributed by atoms with Crippen LogP contribution in [0.15, 0.2) is 0 Å². The van der Waals surface area contributed by atoms with Crippen molar-refractivity contribution in [1.82, 2.24) is 10.6 Å². The van der Waals surface area contributed by atoms with Crippen LogP contribution in [0.5, 0.6) is 0 Å². The molecule has 0 bridgehead atoms. The van der Waals surface area contributed by atoms with Crippen LogP contribution in [0, 0.1) is 11.8 Å². The summed E-state index contributed by atoms with van der Waals surface area (Å²) in [7, 11) is 0. The van der Waals surface area contributed by atoms with Crippen LogP contribution in [0.2, 0.25) is 0 Å². The minimum atomic E-state index is 0.0587. The van der Waals surface area contributed by atoms with Crippen molar-refractivity contribution in [3.63, 3.8) is 0 Å². The van der Waals surface area contributed by atoms with Crippen LogP contribution in [0.4, 0.5) is 0 Å². The molecule has 1 heterocycles.